The normalized spacial score (nSPS) is 10.6. The highest BCUT2D eigenvalue weighted by molar-refractivity contribution is 5.91. The maximum atomic E-state index is 12.1. The molecule has 0 saturated heterocycles. The van der Waals surface area contributed by atoms with Crippen molar-refractivity contribution in [3.63, 3.8) is 0 Å². The predicted molar refractivity (Wildman–Crippen MR) is 101 cm³/mol. The summed E-state index contributed by atoms with van der Waals surface area (Å²) in [5.74, 6) is 0.876. The number of carbonyl (C=O) groups is 1. The zero-order chi connectivity index (χ0) is 17.6. The number of hydrogen-bond acceptors (Lipinski definition) is 2. The molecule has 0 bridgehead atoms. The van der Waals surface area contributed by atoms with Crippen molar-refractivity contribution in [2.24, 2.45) is 0 Å². The number of aromatic nitrogens is 1. The zero-order valence-electron chi connectivity index (χ0n) is 14.6. The summed E-state index contributed by atoms with van der Waals surface area (Å²) < 4.78 is 5.72. The van der Waals surface area contributed by atoms with Crippen LogP contribution in [0, 0.1) is 6.92 Å². The number of aryl methyl sites for hydroxylation is 1. The average Bonchev–Trinajstić information content (AvgIpc) is 3.02. The summed E-state index contributed by atoms with van der Waals surface area (Å²) in [7, 11) is 0. The number of rotatable bonds is 6. The van der Waals surface area contributed by atoms with E-state index in [0.29, 0.717) is 13.2 Å². The molecule has 5 heteroatoms. The molecule has 0 aliphatic rings. The number of H-pyrrole nitrogens is 1. The quantitative estimate of drug-likeness (QED) is 0.630. The largest absolute Gasteiger partial charge is 0.493 e. The van der Waals surface area contributed by atoms with Crippen LogP contribution in [0.1, 0.15) is 18.1 Å². The molecule has 2 amide bonds. The van der Waals surface area contributed by atoms with Gasteiger partial charge in [0, 0.05) is 29.3 Å². The molecule has 5 nitrogen and oxygen atoms in total. The number of fused-ring (bicyclic) bond motifs is 1. The fraction of sp³-hybridized carbons (Fsp3) is 0.250. The zero-order valence-corrected chi connectivity index (χ0v) is 14.6. The van der Waals surface area contributed by atoms with Crippen LogP contribution in [0.25, 0.3) is 10.9 Å². The molecule has 3 N–H and O–H groups in total. The lowest BCUT2D eigenvalue weighted by molar-refractivity contribution is 0.252. The predicted octanol–water partition coefficient (Wildman–Crippen LogP) is 4.24. The second-order valence-electron chi connectivity index (χ2n) is 5.87. The number of hydrogen-bond donors (Lipinski definition) is 3. The Morgan fingerprint density at radius 3 is 2.80 bits per heavy atom. The third kappa shape index (κ3) is 3.94. The Kier molecular flexibility index (Phi) is 5.23. The van der Waals surface area contributed by atoms with Crippen molar-refractivity contribution in [1.29, 1.82) is 0 Å². The van der Waals surface area contributed by atoms with Gasteiger partial charge in [-0.25, -0.2) is 4.79 Å². The number of para-hydroxylation sites is 1. The first-order chi connectivity index (χ1) is 12.2. The van der Waals surface area contributed by atoms with Crippen LogP contribution >= 0.6 is 0 Å². The van der Waals surface area contributed by atoms with Crippen LogP contribution in [0.4, 0.5) is 10.5 Å². The summed E-state index contributed by atoms with van der Waals surface area (Å²) >= 11 is 0. The Balaban J connectivity index is 1.61. The van der Waals surface area contributed by atoms with E-state index in [4.69, 9.17) is 4.74 Å². The monoisotopic (exact) mass is 337 g/mol. The van der Waals surface area contributed by atoms with Crippen LogP contribution in [0.15, 0.2) is 48.7 Å². The number of carbonyl (C=O) groups excluding carboxylic acids is 1. The molecule has 3 rings (SSSR count). The molecule has 25 heavy (non-hydrogen) atoms. The van der Waals surface area contributed by atoms with Gasteiger partial charge in [0.2, 0.25) is 0 Å². The second kappa shape index (κ2) is 7.75. The summed E-state index contributed by atoms with van der Waals surface area (Å²) in [6, 6.07) is 13.5. The van der Waals surface area contributed by atoms with E-state index in [0.717, 1.165) is 39.9 Å². The molecule has 1 heterocycles. The van der Waals surface area contributed by atoms with Gasteiger partial charge in [-0.3, -0.25) is 0 Å². The Morgan fingerprint density at radius 1 is 1.16 bits per heavy atom. The summed E-state index contributed by atoms with van der Waals surface area (Å²) in [6.45, 7) is 5.12. The van der Waals surface area contributed by atoms with Gasteiger partial charge in [0.1, 0.15) is 5.75 Å². The van der Waals surface area contributed by atoms with Gasteiger partial charge in [-0.1, -0.05) is 24.3 Å². The lowest BCUT2D eigenvalue weighted by Gasteiger charge is -2.10. The molecule has 0 fully saturated rings. The van der Waals surface area contributed by atoms with Crippen LogP contribution < -0.4 is 15.4 Å². The minimum atomic E-state index is -0.195. The number of benzene rings is 2. The van der Waals surface area contributed by atoms with Crippen LogP contribution in [-0.4, -0.2) is 24.2 Å². The highest BCUT2D eigenvalue weighted by Crippen LogP contribution is 2.29. The van der Waals surface area contributed by atoms with Crippen LogP contribution in [0.5, 0.6) is 5.75 Å². The molecule has 130 valence electrons. The van der Waals surface area contributed by atoms with E-state index in [1.807, 2.05) is 62.5 Å². The SMILES string of the molecule is CCOc1cccc2[nH]cc(CCNC(=O)Nc3ccccc3C)c12. The number of anilines is 1. The molecule has 2 aromatic carbocycles. The van der Waals surface area contributed by atoms with Gasteiger partial charge in [0.15, 0.2) is 0 Å². The fourth-order valence-electron chi connectivity index (χ4n) is 2.88. The topological polar surface area (TPSA) is 66.1 Å². The molecule has 0 aliphatic carbocycles. The highest BCUT2D eigenvalue weighted by Gasteiger charge is 2.10. The van der Waals surface area contributed by atoms with Gasteiger partial charge < -0.3 is 20.4 Å². The standard InChI is InChI=1S/C20H23N3O2/c1-3-25-18-10-6-9-17-19(18)15(13-22-17)11-12-21-20(24)23-16-8-5-4-7-14(16)2/h4-10,13,22H,3,11-12H2,1-2H3,(H2,21,23,24). The van der Waals surface area contributed by atoms with Gasteiger partial charge in [-0.2, -0.15) is 0 Å². The third-order valence-electron chi connectivity index (χ3n) is 4.12. The average molecular weight is 337 g/mol. The molecule has 0 atom stereocenters. The van der Waals surface area contributed by atoms with E-state index in [2.05, 4.69) is 15.6 Å². The number of amides is 2. The summed E-state index contributed by atoms with van der Waals surface area (Å²) in [4.78, 5) is 15.3. The Hall–Kier alpha value is -2.95. The van der Waals surface area contributed by atoms with Crippen molar-refractivity contribution in [1.82, 2.24) is 10.3 Å². The second-order valence-corrected chi connectivity index (χ2v) is 5.87. The van der Waals surface area contributed by atoms with Crippen molar-refractivity contribution in [3.8, 4) is 5.75 Å². The molecular weight excluding hydrogens is 314 g/mol. The minimum absolute atomic E-state index is 0.195. The van der Waals surface area contributed by atoms with E-state index in [9.17, 15) is 4.79 Å². The first kappa shape index (κ1) is 16.9. The number of ether oxygens (including phenoxy) is 1. The summed E-state index contributed by atoms with van der Waals surface area (Å²) in [5, 5.41) is 6.87. The lowest BCUT2D eigenvalue weighted by atomic mass is 10.1. The van der Waals surface area contributed by atoms with Crippen molar-refractivity contribution in [2.75, 3.05) is 18.5 Å². The Bertz CT molecular complexity index is 870. The molecular formula is C20H23N3O2. The molecule has 0 saturated carbocycles. The van der Waals surface area contributed by atoms with Gasteiger partial charge in [-0.15, -0.1) is 0 Å². The minimum Gasteiger partial charge on any atom is -0.493 e. The number of nitrogens with one attached hydrogen (secondary N) is 3. The first-order valence-electron chi connectivity index (χ1n) is 8.51. The molecule has 0 unspecified atom stereocenters. The van der Waals surface area contributed by atoms with Crippen molar-refractivity contribution >= 4 is 22.6 Å². The van der Waals surface area contributed by atoms with E-state index >= 15 is 0 Å². The fourth-order valence-corrected chi connectivity index (χ4v) is 2.88. The molecule has 0 aliphatic heterocycles. The molecule has 0 spiro atoms. The maximum Gasteiger partial charge on any atom is 0.319 e. The summed E-state index contributed by atoms with van der Waals surface area (Å²) in [6.07, 6.45) is 2.71. The number of aromatic amines is 1. The third-order valence-corrected chi connectivity index (χ3v) is 4.12. The van der Waals surface area contributed by atoms with Crippen LogP contribution in [0.2, 0.25) is 0 Å². The van der Waals surface area contributed by atoms with Gasteiger partial charge in [0.05, 0.1) is 6.61 Å². The highest BCUT2D eigenvalue weighted by atomic mass is 16.5. The van der Waals surface area contributed by atoms with Crippen LogP contribution in [0.3, 0.4) is 0 Å². The summed E-state index contributed by atoms with van der Waals surface area (Å²) in [5.41, 5.74) is 4.04. The van der Waals surface area contributed by atoms with Crippen molar-refractivity contribution in [2.45, 2.75) is 20.3 Å². The van der Waals surface area contributed by atoms with Gasteiger partial charge >= 0.3 is 6.03 Å². The first-order valence-corrected chi connectivity index (χ1v) is 8.51. The van der Waals surface area contributed by atoms with Gasteiger partial charge in [-0.05, 0) is 49.6 Å². The van der Waals surface area contributed by atoms with Crippen molar-refractivity contribution < 1.29 is 9.53 Å². The van der Waals surface area contributed by atoms with Crippen molar-refractivity contribution in [3.05, 3.63) is 59.8 Å². The lowest BCUT2D eigenvalue weighted by Crippen LogP contribution is -2.30. The molecule has 3 aromatic rings. The van der Waals surface area contributed by atoms with E-state index in [-0.39, 0.29) is 6.03 Å². The van der Waals surface area contributed by atoms with E-state index < -0.39 is 0 Å². The van der Waals surface area contributed by atoms with Crippen LogP contribution in [-0.2, 0) is 6.42 Å². The molecule has 1 aromatic heterocycles. The van der Waals surface area contributed by atoms with E-state index in [1.54, 1.807) is 0 Å². The smallest absolute Gasteiger partial charge is 0.319 e. The molecule has 0 radical (unpaired) electrons. The Labute approximate surface area is 147 Å². The Morgan fingerprint density at radius 2 is 2.00 bits per heavy atom. The maximum absolute atomic E-state index is 12.1. The van der Waals surface area contributed by atoms with E-state index in [1.165, 1.54) is 0 Å². The van der Waals surface area contributed by atoms with Gasteiger partial charge in [0.25, 0.3) is 0 Å². The number of urea groups is 1.